The lowest BCUT2D eigenvalue weighted by atomic mass is 9.75. The number of carboxylic acid groups (broad SMARTS) is 1. The predicted octanol–water partition coefficient (Wildman–Crippen LogP) is 5.64. The van der Waals surface area contributed by atoms with Gasteiger partial charge in [-0.25, -0.2) is 4.79 Å². The van der Waals surface area contributed by atoms with E-state index in [0.717, 1.165) is 22.0 Å². The third-order valence-corrected chi connectivity index (χ3v) is 6.42. The first-order chi connectivity index (χ1) is 13.5. The summed E-state index contributed by atoms with van der Waals surface area (Å²) < 4.78 is 11.7. The first-order valence-electron chi connectivity index (χ1n) is 8.86. The highest BCUT2D eigenvalue weighted by atomic mass is 79.9. The van der Waals surface area contributed by atoms with Gasteiger partial charge in [-0.05, 0) is 63.7 Å². The van der Waals surface area contributed by atoms with E-state index in [1.807, 2.05) is 12.1 Å². The molecule has 2 aliphatic rings. The van der Waals surface area contributed by atoms with E-state index in [4.69, 9.17) is 21.1 Å². The van der Waals surface area contributed by atoms with E-state index in [1.54, 1.807) is 26.4 Å². The van der Waals surface area contributed by atoms with E-state index >= 15 is 0 Å². The number of halogens is 2. The predicted molar refractivity (Wildman–Crippen MR) is 112 cm³/mol. The molecule has 0 aromatic heterocycles. The Bertz CT molecular complexity index is 991. The monoisotopic (exact) mass is 463 g/mol. The zero-order valence-electron chi connectivity index (χ0n) is 15.3. The molecule has 7 heteroatoms. The molecule has 28 heavy (non-hydrogen) atoms. The maximum absolute atomic E-state index is 11.8. The number of anilines is 1. The Balaban J connectivity index is 1.86. The van der Waals surface area contributed by atoms with Gasteiger partial charge in [0.05, 0.1) is 41.0 Å². The van der Waals surface area contributed by atoms with Crippen molar-refractivity contribution >= 4 is 39.2 Å². The maximum atomic E-state index is 11.8. The summed E-state index contributed by atoms with van der Waals surface area (Å²) in [6, 6.07) is 7.13. The lowest BCUT2D eigenvalue weighted by Gasteiger charge is -2.38. The van der Waals surface area contributed by atoms with Crippen LogP contribution < -0.4 is 14.8 Å². The summed E-state index contributed by atoms with van der Waals surface area (Å²) in [7, 11) is 3.20. The largest absolute Gasteiger partial charge is 0.493 e. The molecule has 4 rings (SSSR count). The number of rotatable bonds is 4. The molecule has 1 aliphatic heterocycles. The molecule has 1 aliphatic carbocycles. The second-order valence-electron chi connectivity index (χ2n) is 6.90. The van der Waals surface area contributed by atoms with Crippen LogP contribution in [-0.2, 0) is 0 Å². The number of fused-ring (bicyclic) bond motifs is 3. The van der Waals surface area contributed by atoms with Crippen molar-refractivity contribution in [2.45, 2.75) is 18.4 Å². The number of hydrogen-bond donors (Lipinski definition) is 2. The minimum atomic E-state index is -0.943. The Labute approximate surface area is 176 Å². The van der Waals surface area contributed by atoms with Gasteiger partial charge in [0, 0.05) is 5.92 Å². The van der Waals surface area contributed by atoms with E-state index in [2.05, 4.69) is 33.4 Å². The van der Waals surface area contributed by atoms with E-state index in [9.17, 15) is 9.90 Å². The number of carbonyl (C=O) groups is 1. The maximum Gasteiger partial charge on any atom is 0.336 e. The standard InChI is InChI=1S/C21H19BrClNO4/c1-27-16-9-10(8-14(22)20(16)28-2)18-12-5-3-4-11(12)17-13(21(25)26)6-7-15(23)19(17)24-18/h3-4,6-9,11-12,18,24H,5H2,1-2H3,(H,25,26)/t11-,12+,18-/m0/s1. The van der Waals surface area contributed by atoms with Gasteiger partial charge in [-0.2, -0.15) is 0 Å². The van der Waals surface area contributed by atoms with Crippen molar-refractivity contribution in [1.82, 2.24) is 0 Å². The van der Waals surface area contributed by atoms with Crippen LogP contribution in [0.2, 0.25) is 5.02 Å². The number of aromatic carboxylic acids is 1. The lowest BCUT2D eigenvalue weighted by Crippen LogP contribution is -2.30. The third-order valence-electron chi connectivity index (χ3n) is 5.51. The van der Waals surface area contributed by atoms with Gasteiger partial charge in [-0.3, -0.25) is 0 Å². The van der Waals surface area contributed by atoms with Crippen LogP contribution in [0, 0.1) is 5.92 Å². The molecule has 2 aromatic rings. The van der Waals surface area contributed by atoms with E-state index < -0.39 is 5.97 Å². The van der Waals surface area contributed by atoms with Crippen LogP contribution in [0.15, 0.2) is 40.9 Å². The van der Waals surface area contributed by atoms with Gasteiger partial charge in [-0.1, -0.05) is 23.8 Å². The highest BCUT2D eigenvalue weighted by molar-refractivity contribution is 9.10. The first-order valence-corrected chi connectivity index (χ1v) is 10.0. The average Bonchev–Trinajstić information content (AvgIpc) is 3.16. The van der Waals surface area contributed by atoms with Gasteiger partial charge in [0.1, 0.15) is 0 Å². The minimum Gasteiger partial charge on any atom is -0.493 e. The Hall–Kier alpha value is -2.18. The van der Waals surface area contributed by atoms with Crippen molar-refractivity contribution in [1.29, 1.82) is 0 Å². The molecule has 5 nitrogen and oxygen atoms in total. The summed E-state index contributed by atoms with van der Waals surface area (Å²) in [5, 5.41) is 13.7. The third kappa shape index (κ3) is 2.95. The van der Waals surface area contributed by atoms with Crippen LogP contribution in [0.3, 0.4) is 0 Å². The minimum absolute atomic E-state index is 0.0158. The number of nitrogens with one attached hydrogen (secondary N) is 1. The van der Waals surface area contributed by atoms with Crippen molar-refractivity contribution < 1.29 is 19.4 Å². The van der Waals surface area contributed by atoms with Crippen LogP contribution in [0.25, 0.3) is 0 Å². The second kappa shape index (κ2) is 7.33. The molecule has 3 atom stereocenters. The molecule has 0 unspecified atom stereocenters. The van der Waals surface area contributed by atoms with Crippen LogP contribution in [0.5, 0.6) is 11.5 Å². The Morgan fingerprint density at radius 2 is 2.07 bits per heavy atom. The molecular weight excluding hydrogens is 446 g/mol. The molecule has 0 fully saturated rings. The second-order valence-corrected chi connectivity index (χ2v) is 8.16. The van der Waals surface area contributed by atoms with Crippen molar-refractivity contribution in [3.63, 3.8) is 0 Å². The molecule has 0 saturated heterocycles. The lowest BCUT2D eigenvalue weighted by molar-refractivity contribution is 0.0695. The summed E-state index contributed by atoms with van der Waals surface area (Å²) in [5.41, 5.74) is 2.76. The number of methoxy groups -OCH3 is 2. The molecule has 0 bridgehead atoms. The van der Waals surface area contributed by atoms with E-state index in [-0.39, 0.29) is 17.9 Å². The first kappa shape index (κ1) is 19.2. The quantitative estimate of drug-likeness (QED) is 0.573. The molecule has 0 amide bonds. The normalized spacial score (nSPS) is 22.2. The molecular formula is C21H19BrClNO4. The van der Waals surface area contributed by atoms with Crippen LogP contribution in [0.4, 0.5) is 5.69 Å². The molecule has 2 N–H and O–H groups in total. The Morgan fingerprint density at radius 3 is 2.75 bits per heavy atom. The van der Waals surface area contributed by atoms with Crippen molar-refractivity contribution in [2.75, 3.05) is 19.5 Å². The van der Waals surface area contributed by atoms with E-state index in [1.165, 1.54) is 0 Å². The number of ether oxygens (including phenoxy) is 2. The number of carboxylic acids is 1. The summed E-state index contributed by atoms with van der Waals surface area (Å²) in [6.45, 7) is 0. The molecule has 146 valence electrons. The fraction of sp³-hybridized carbons (Fsp3) is 0.286. The number of benzene rings is 2. The Morgan fingerprint density at radius 1 is 1.29 bits per heavy atom. The topological polar surface area (TPSA) is 67.8 Å². The summed E-state index contributed by atoms with van der Waals surface area (Å²) in [6.07, 6.45) is 5.05. The van der Waals surface area contributed by atoms with Gasteiger partial charge in [-0.15, -0.1) is 0 Å². The van der Waals surface area contributed by atoms with Crippen molar-refractivity contribution in [2.24, 2.45) is 5.92 Å². The van der Waals surface area contributed by atoms with Gasteiger partial charge < -0.3 is 19.9 Å². The fourth-order valence-corrected chi connectivity index (χ4v) is 5.15. The molecule has 1 heterocycles. The smallest absolute Gasteiger partial charge is 0.336 e. The highest BCUT2D eigenvalue weighted by Gasteiger charge is 2.41. The average molecular weight is 465 g/mol. The van der Waals surface area contributed by atoms with Crippen molar-refractivity contribution in [3.8, 4) is 11.5 Å². The van der Waals surface area contributed by atoms with Crippen LogP contribution in [-0.4, -0.2) is 25.3 Å². The summed E-state index contributed by atoms with van der Waals surface area (Å²) in [4.78, 5) is 11.8. The van der Waals surface area contributed by atoms with Gasteiger partial charge >= 0.3 is 5.97 Å². The molecule has 2 aromatic carbocycles. The van der Waals surface area contributed by atoms with Gasteiger partial charge in [0.15, 0.2) is 11.5 Å². The summed E-state index contributed by atoms with van der Waals surface area (Å²) >= 11 is 10.0. The highest BCUT2D eigenvalue weighted by Crippen LogP contribution is 2.53. The van der Waals surface area contributed by atoms with Gasteiger partial charge in [0.2, 0.25) is 0 Å². The molecule has 0 radical (unpaired) electrons. The SMILES string of the molecule is COc1cc([C@@H]2Nc3c(Cl)ccc(C(=O)O)c3[C@H]3C=CC[C@H]32)cc(Br)c1OC. The fourth-order valence-electron chi connectivity index (χ4n) is 4.31. The molecule has 0 spiro atoms. The van der Waals surface area contributed by atoms with Crippen molar-refractivity contribution in [3.05, 3.63) is 62.6 Å². The Kier molecular flexibility index (Phi) is 5.02. The van der Waals surface area contributed by atoms with E-state index in [0.29, 0.717) is 27.8 Å². The zero-order valence-corrected chi connectivity index (χ0v) is 17.7. The van der Waals surface area contributed by atoms with Gasteiger partial charge in [0.25, 0.3) is 0 Å². The van der Waals surface area contributed by atoms with Crippen LogP contribution in [0.1, 0.15) is 39.9 Å². The number of hydrogen-bond acceptors (Lipinski definition) is 4. The molecule has 0 saturated carbocycles. The number of allylic oxidation sites excluding steroid dienone is 2. The van der Waals surface area contributed by atoms with Crippen LogP contribution >= 0.6 is 27.5 Å². The zero-order chi connectivity index (χ0) is 20.0. The summed E-state index contributed by atoms with van der Waals surface area (Å²) in [5.74, 6) is 0.482.